The van der Waals surface area contributed by atoms with Crippen molar-refractivity contribution in [3.8, 4) is 0 Å². The van der Waals surface area contributed by atoms with Gasteiger partial charge in [-0.05, 0) is 27.9 Å². The zero-order valence-corrected chi connectivity index (χ0v) is 14.0. The van der Waals surface area contributed by atoms with E-state index in [0.717, 1.165) is 10.2 Å². The maximum Gasteiger partial charge on any atom is 0.490 e. The Kier molecular flexibility index (Phi) is 5.28. The van der Waals surface area contributed by atoms with Crippen molar-refractivity contribution in [1.29, 1.82) is 0 Å². The molecule has 2 rings (SSSR count). The molecular weight excluding hydrogens is 310 g/mol. The summed E-state index contributed by atoms with van der Waals surface area (Å²) in [7, 11) is 0. The summed E-state index contributed by atoms with van der Waals surface area (Å²) in [6, 6.07) is 8.33. The van der Waals surface area contributed by atoms with Crippen molar-refractivity contribution >= 4 is 11.9 Å². The number of carbonyl (C=O) groups is 1. The van der Waals surface area contributed by atoms with Gasteiger partial charge in [-0.3, -0.25) is 4.79 Å². The average Bonchev–Trinajstić information content (AvgIpc) is 2.95. The minimum atomic E-state index is -0.699. The number of amides is 1. The lowest BCUT2D eigenvalue weighted by Gasteiger charge is -2.19. The van der Waals surface area contributed by atoms with Crippen LogP contribution in [0.25, 0.3) is 0 Å². The summed E-state index contributed by atoms with van der Waals surface area (Å²) in [4.78, 5) is 25.1. The lowest BCUT2D eigenvalue weighted by Crippen LogP contribution is -2.29. The number of nitrogens with one attached hydrogen (secondary N) is 1. The smallest absolute Gasteiger partial charge is 0.390 e. The molecule has 1 heterocycles. The Bertz CT molecular complexity index is 716. The second-order valence-electron chi connectivity index (χ2n) is 6.55. The first-order valence-corrected chi connectivity index (χ1v) is 7.65. The van der Waals surface area contributed by atoms with Crippen LogP contribution < -0.4 is 5.32 Å². The third-order valence-corrected chi connectivity index (χ3v) is 3.55. The second kappa shape index (κ2) is 7.20. The summed E-state index contributed by atoms with van der Waals surface area (Å²) in [6.07, 6.45) is 1.89. The second-order valence-corrected chi connectivity index (χ2v) is 6.55. The minimum Gasteiger partial charge on any atom is -0.390 e. The quantitative estimate of drug-likeness (QED) is 0.642. The van der Waals surface area contributed by atoms with Crippen LogP contribution in [-0.2, 0) is 23.2 Å². The van der Waals surface area contributed by atoms with Crippen LogP contribution in [0.2, 0.25) is 0 Å². The standard InChI is InChI=1S/C16H21N5O3/c1-16(2,3)13-6-4-12(5-7-13)8-9-17-14(22)10-20-11-18-15(19-20)21(23)24/h4-7,11H,8-10H2,1-3H3,(H,17,22). The molecule has 0 fully saturated rings. The van der Waals surface area contributed by atoms with Gasteiger partial charge in [0.1, 0.15) is 6.54 Å². The Morgan fingerprint density at radius 1 is 1.29 bits per heavy atom. The molecule has 0 saturated carbocycles. The molecule has 128 valence electrons. The summed E-state index contributed by atoms with van der Waals surface area (Å²) < 4.78 is 1.14. The molecule has 1 amide bonds. The normalized spacial score (nSPS) is 11.3. The molecule has 0 aliphatic heterocycles. The molecule has 0 aliphatic carbocycles. The van der Waals surface area contributed by atoms with Crippen LogP contribution in [0.5, 0.6) is 0 Å². The van der Waals surface area contributed by atoms with Gasteiger partial charge in [0.05, 0.1) is 0 Å². The van der Waals surface area contributed by atoms with E-state index in [1.807, 2.05) is 0 Å². The van der Waals surface area contributed by atoms with E-state index in [9.17, 15) is 14.9 Å². The SMILES string of the molecule is CC(C)(C)c1ccc(CCNC(=O)Cn2cnc([N+](=O)[O-])n2)cc1. The van der Waals surface area contributed by atoms with Gasteiger partial charge in [0, 0.05) is 11.6 Å². The van der Waals surface area contributed by atoms with Gasteiger partial charge in [0.15, 0.2) is 0 Å². The Morgan fingerprint density at radius 2 is 1.96 bits per heavy atom. The van der Waals surface area contributed by atoms with E-state index >= 15 is 0 Å². The molecule has 8 nitrogen and oxygen atoms in total. The van der Waals surface area contributed by atoms with Crippen molar-refractivity contribution in [2.24, 2.45) is 0 Å². The van der Waals surface area contributed by atoms with Gasteiger partial charge in [-0.2, -0.15) is 4.68 Å². The first-order chi connectivity index (χ1) is 11.3. The van der Waals surface area contributed by atoms with Crippen LogP contribution in [-0.4, -0.2) is 32.1 Å². The Labute approximate surface area is 140 Å². The first kappa shape index (κ1) is 17.6. The van der Waals surface area contributed by atoms with Crippen LogP contribution in [0, 0.1) is 10.1 Å². The number of carbonyl (C=O) groups excluding carboxylic acids is 1. The van der Waals surface area contributed by atoms with E-state index in [0.29, 0.717) is 13.0 Å². The van der Waals surface area contributed by atoms with Gasteiger partial charge in [-0.1, -0.05) is 50.0 Å². The average molecular weight is 331 g/mol. The zero-order chi connectivity index (χ0) is 17.7. The topological polar surface area (TPSA) is 103 Å². The van der Waals surface area contributed by atoms with Gasteiger partial charge in [0.2, 0.25) is 12.2 Å². The number of aromatic nitrogens is 3. The molecule has 24 heavy (non-hydrogen) atoms. The van der Waals surface area contributed by atoms with Crippen molar-refractivity contribution in [3.05, 3.63) is 51.8 Å². The molecule has 1 aromatic heterocycles. The van der Waals surface area contributed by atoms with Crippen molar-refractivity contribution in [2.75, 3.05) is 6.54 Å². The van der Waals surface area contributed by atoms with Gasteiger partial charge in [0.25, 0.3) is 0 Å². The maximum absolute atomic E-state index is 11.8. The summed E-state index contributed by atoms with van der Waals surface area (Å²) >= 11 is 0. The molecule has 0 bridgehead atoms. The molecule has 0 unspecified atom stereocenters. The molecule has 8 heteroatoms. The van der Waals surface area contributed by atoms with Gasteiger partial charge >= 0.3 is 5.95 Å². The third-order valence-electron chi connectivity index (χ3n) is 3.55. The molecule has 0 spiro atoms. The van der Waals surface area contributed by atoms with E-state index in [1.165, 1.54) is 11.9 Å². The first-order valence-electron chi connectivity index (χ1n) is 7.65. The van der Waals surface area contributed by atoms with Gasteiger partial charge in [-0.15, -0.1) is 0 Å². The Morgan fingerprint density at radius 3 is 2.50 bits per heavy atom. The Hall–Kier alpha value is -2.77. The van der Waals surface area contributed by atoms with Gasteiger partial charge in [-0.25, -0.2) is 0 Å². The highest BCUT2D eigenvalue weighted by molar-refractivity contribution is 5.75. The van der Waals surface area contributed by atoms with E-state index in [4.69, 9.17) is 0 Å². The molecular formula is C16H21N5O3. The molecule has 1 aromatic carbocycles. The Balaban J connectivity index is 1.78. The number of hydrogen-bond donors (Lipinski definition) is 1. The molecule has 0 atom stereocenters. The number of nitrogens with zero attached hydrogens (tertiary/aromatic N) is 4. The fourth-order valence-corrected chi connectivity index (χ4v) is 2.17. The van der Waals surface area contributed by atoms with Crippen LogP contribution in [0.4, 0.5) is 5.95 Å². The van der Waals surface area contributed by atoms with Crippen molar-refractivity contribution in [1.82, 2.24) is 20.1 Å². The van der Waals surface area contributed by atoms with E-state index < -0.39 is 10.9 Å². The van der Waals surface area contributed by atoms with Crippen LogP contribution in [0.15, 0.2) is 30.6 Å². The highest BCUT2D eigenvalue weighted by Crippen LogP contribution is 2.22. The lowest BCUT2D eigenvalue weighted by molar-refractivity contribution is -0.394. The van der Waals surface area contributed by atoms with Crippen LogP contribution >= 0.6 is 0 Å². The third kappa shape index (κ3) is 4.87. The molecule has 0 saturated heterocycles. The zero-order valence-electron chi connectivity index (χ0n) is 14.0. The van der Waals surface area contributed by atoms with Crippen molar-refractivity contribution in [2.45, 2.75) is 39.2 Å². The summed E-state index contributed by atoms with van der Waals surface area (Å²) in [5.74, 6) is -0.775. The predicted molar refractivity (Wildman–Crippen MR) is 88.5 cm³/mol. The van der Waals surface area contributed by atoms with E-state index in [2.05, 4.69) is 60.4 Å². The minimum absolute atomic E-state index is 0.0935. The summed E-state index contributed by atoms with van der Waals surface area (Å²) in [5.41, 5.74) is 2.52. The highest BCUT2D eigenvalue weighted by atomic mass is 16.6. The monoisotopic (exact) mass is 331 g/mol. The molecule has 1 N–H and O–H groups in total. The number of nitro groups is 1. The lowest BCUT2D eigenvalue weighted by atomic mass is 9.86. The fourth-order valence-electron chi connectivity index (χ4n) is 2.17. The number of hydrogen-bond acceptors (Lipinski definition) is 5. The fraction of sp³-hybridized carbons (Fsp3) is 0.438. The largest absolute Gasteiger partial charge is 0.490 e. The van der Waals surface area contributed by atoms with Crippen LogP contribution in [0.3, 0.4) is 0 Å². The highest BCUT2D eigenvalue weighted by Gasteiger charge is 2.15. The van der Waals surface area contributed by atoms with E-state index in [-0.39, 0.29) is 17.9 Å². The van der Waals surface area contributed by atoms with Crippen molar-refractivity contribution in [3.63, 3.8) is 0 Å². The van der Waals surface area contributed by atoms with Crippen molar-refractivity contribution < 1.29 is 9.72 Å². The predicted octanol–water partition coefficient (Wildman–Crippen LogP) is 1.84. The summed E-state index contributed by atoms with van der Waals surface area (Å²) in [5, 5.41) is 16.8. The maximum atomic E-state index is 11.8. The molecule has 0 aliphatic rings. The van der Waals surface area contributed by atoms with Gasteiger partial charge < -0.3 is 15.4 Å². The molecule has 2 aromatic rings. The summed E-state index contributed by atoms with van der Waals surface area (Å²) in [6.45, 7) is 6.89. The van der Waals surface area contributed by atoms with E-state index in [1.54, 1.807) is 0 Å². The van der Waals surface area contributed by atoms with Crippen LogP contribution in [0.1, 0.15) is 31.9 Å². The molecule has 0 radical (unpaired) electrons. The number of benzene rings is 1. The number of rotatable bonds is 6.